The highest BCUT2D eigenvalue weighted by atomic mass is 16.5. The van der Waals surface area contributed by atoms with Crippen LogP contribution in [0.3, 0.4) is 0 Å². The molecule has 1 aliphatic rings. The highest BCUT2D eigenvalue weighted by Crippen LogP contribution is 2.21. The fraction of sp³-hybridized carbons (Fsp3) is 0.929. The number of nitrogens with zero attached hydrogens (tertiary/aromatic N) is 2. The highest BCUT2D eigenvalue weighted by molar-refractivity contribution is 5.77. The van der Waals surface area contributed by atoms with E-state index in [0.29, 0.717) is 0 Å². The van der Waals surface area contributed by atoms with E-state index < -0.39 is 0 Å². The molecule has 4 heteroatoms. The van der Waals surface area contributed by atoms with Gasteiger partial charge in [-0.1, -0.05) is 12.8 Å². The highest BCUT2D eigenvalue weighted by Gasteiger charge is 2.20. The zero-order chi connectivity index (χ0) is 13.5. The van der Waals surface area contributed by atoms with E-state index >= 15 is 0 Å². The topological polar surface area (TPSA) is 32.8 Å². The van der Waals surface area contributed by atoms with Gasteiger partial charge in [0.25, 0.3) is 0 Å². The molecule has 0 bridgehead atoms. The van der Waals surface area contributed by atoms with Crippen LogP contribution in [0.2, 0.25) is 0 Å². The Morgan fingerprint density at radius 2 is 1.83 bits per heavy atom. The quantitative estimate of drug-likeness (QED) is 0.695. The van der Waals surface area contributed by atoms with Gasteiger partial charge in [0, 0.05) is 26.2 Å². The summed E-state index contributed by atoms with van der Waals surface area (Å²) >= 11 is 0. The number of carbonyl (C=O) groups is 1. The van der Waals surface area contributed by atoms with Gasteiger partial charge in [-0.2, -0.15) is 0 Å². The Morgan fingerprint density at radius 1 is 1.22 bits per heavy atom. The zero-order valence-corrected chi connectivity index (χ0v) is 12.3. The number of rotatable bonds is 7. The summed E-state index contributed by atoms with van der Waals surface area (Å²) in [6.45, 7) is 5.82. The standard InChI is InChI=1S/C14H28N2O2/c1-12(2)18-11-14(17)16(4)10-9-15(3)13-7-5-6-8-13/h12-13H,5-11H2,1-4H3. The maximum absolute atomic E-state index is 11.8. The first-order chi connectivity index (χ1) is 8.50. The summed E-state index contributed by atoms with van der Waals surface area (Å²) in [5.41, 5.74) is 0. The van der Waals surface area contributed by atoms with Crippen LogP contribution < -0.4 is 0 Å². The van der Waals surface area contributed by atoms with Crippen molar-refractivity contribution in [1.29, 1.82) is 0 Å². The van der Waals surface area contributed by atoms with Crippen LogP contribution >= 0.6 is 0 Å². The van der Waals surface area contributed by atoms with Gasteiger partial charge in [-0.05, 0) is 33.7 Å². The molecule has 1 fully saturated rings. The first-order valence-electron chi connectivity index (χ1n) is 7.06. The third-order valence-electron chi connectivity index (χ3n) is 3.70. The number of hydrogen-bond donors (Lipinski definition) is 0. The molecule has 106 valence electrons. The first-order valence-corrected chi connectivity index (χ1v) is 7.06. The lowest BCUT2D eigenvalue weighted by atomic mass is 10.2. The Labute approximate surface area is 111 Å². The number of carbonyl (C=O) groups excluding carboxylic acids is 1. The molecule has 1 rings (SSSR count). The second kappa shape index (κ2) is 7.74. The Hall–Kier alpha value is -0.610. The Kier molecular flexibility index (Phi) is 6.65. The van der Waals surface area contributed by atoms with Gasteiger partial charge >= 0.3 is 0 Å². The molecule has 0 heterocycles. The first kappa shape index (κ1) is 15.4. The number of hydrogen-bond acceptors (Lipinski definition) is 3. The molecule has 1 amide bonds. The van der Waals surface area contributed by atoms with E-state index in [4.69, 9.17) is 4.74 Å². The van der Waals surface area contributed by atoms with Crippen molar-refractivity contribution >= 4 is 5.91 Å². The minimum atomic E-state index is 0.0727. The van der Waals surface area contributed by atoms with Crippen LogP contribution in [0.25, 0.3) is 0 Å². The molecule has 0 spiro atoms. The van der Waals surface area contributed by atoms with E-state index in [9.17, 15) is 4.79 Å². The van der Waals surface area contributed by atoms with Crippen LogP contribution in [0.1, 0.15) is 39.5 Å². The lowest BCUT2D eigenvalue weighted by molar-refractivity contribution is -0.136. The molecule has 0 aromatic rings. The maximum Gasteiger partial charge on any atom is 0.248 e. The number of amides is 1. The van der Waals surface area contributed by atoms with Crippen molar-refractivity contribution in [2.45, 2.75) is 51.7 Å². The lowest BCUT2D eigenvalue weighted by Crippen LogP contribution is -2.39. The van der Waals surface area contributed by atoms with Crippen LogP contribution in [0.15, 0.2) is 0 Å². The fourth-order valence-corrected chi connectivity index (χ4v) is 2.31. The molecule has 4 nitrogen and oxygen atoms in total. The minimum Gasteiger partial charge on any atom is -0.369 e. The van der Waals surface area contributed by atoms with E-state index in [1.807, 2.05) is 20.9 Å². The van der Waals surface area contributed by atoms with Crippen molar-refractivity contribution in [3.63, 3.8) is 0 Å². The van der Waals surface area contributed by atoms with E-state index in [1.54, 1.807) is 4.90 Å². The molecule has 1 aliphatic carbocycles. The molecule has 0 saturated heterocycles. The largest absolute Gasteiger partial charge is 0.369 e. The van der Waals surface area contributed by atoms with Gasteiger partial charge in [0.05, 0.1) is 6.10 Å². The SMILES string of the molecule is CC(C)OCC(=O)N(C)CCN(C)C1CCCC1. The van der Waals surface area contributed by atoms with Gasteiger partial charge in [0.2, 0.25) is 5.91 Å². The number of ether oxygens (including phenoxy) is 1. The summed E-state index contributed by atoms with van der Waals surface area (Å²) in [4.78, 5) is 15.9. The van der Waals surface area contributed by atoms with Crippen molar-refractivity contribution in [2.75, 3.05) is 33.8 Å². The predicted molar refractivity (Wildman–Crippen MR) is 73.6 cm³/mol. The summed E-state index contributed by atoms with van der Waals surface area (Å²) < 4.78 is 5.33. The molecular weight excluding hydrogens is 228 g/mol. The molecule has 1 saturated carbocycles. The smallest absolute Gasteiger partial charge is 0.248 e. The fourth-order valence-electron chi connectivity index (χ4n) is 2.31. The Bertz CT molecular complexity index is 250. The van der Waals surface area contributed by atoms with Crippen molar-refractivity contribution in [1.82, 2.24) is 9.80 Å². The lowest BCUT2D eigenvalue weighted by Gasteiger charge is -2.27. The third kappa shape index (κ3) is 5.36. The van der Waals surface area contributed by atoms with Gasteiger partial charge in [0.1, 0.15) is 6.61 Å². The van der Waals surface area contributed by atoms with Gasteiger partial charge in [0.15, 0.2) is 0 Å². The Morgan fingerprint density at radius 3 is 2.39 bits per heavy atom. The molecule has 0 unspecified atom stereocenters. The monoisotopic (exact) mass is 256 g/mol. The molecule has 0 atom stereocenters. The van der Waals surface area contributed by atoms with E-state index in [-0.39, 0.29) is 18.6 Å². The van der Waals surface area contributed by atoms with Crippen molar-refractivity contribution in [3.8, 4) is 0 Å². The molecule has 0 N–H and O–H groups in total. The van der Waals surface area contributed by atoms with Gasteiger partial charge in [-0.15, -0.1) is 0 Å². The maximum atomic E-state index is 11.8. The van der Waals surface area contributed by atoms with Crippen LogP contribution in [0, 0.1) is 0 Å². The summed E-state index contributed by atoms with van der Waals surface area (Å²) in [5.74, 6) is 0.0727. The van der Waals surface area contributed by atoms with Gasteiger partial charge < -0.3 is 14.5 Å². The summed E-state index contributed by atoms with van der Waals surface area (Å²) in [6, 6.07) is 0.723. The van der Waals surface area contributed by atoms with E-state index in [1.165, 1.54) is 25.7 Å². The van der Waals surface area contributed by atoms with Gasteiger partial charge in [-0.25, -0.2) is 0 Å². The third-order valence-corrected chi connectivity index (χ3v) is 3.70. The van der Waals surface area contributed by atoms with Crippen LogP contribution in [-0.2, 0) is 9.53 Å². The van der Waals surface area contributed by atoms with Crippen LogP contribution in [-0.4, -0.2) is 61.6 Å². The average Bonchev–Trinajstić information content (AvgIpc) is 2.86. The molecular formula is C14H28N2O2. The van der Waals surface area contributed by atoms with Crippen LogP contribution in [0.5, 0.6) is 0 Å². The van der Waals surface area contributed by atoms with Crippen LogP contribution in [0.4, 0.5) is 0 Å². The number of likely N-dealkylation sites (N-methyl/N-ethyl adjacent to an activating group) is 2. The average molecular weight is 256 g/mol. The summed E-state index contributed by atoms with van der Waals surface area (Å²) in [5, 5.41) is 0. The molecule has 0 aliphatic heterocycles. The second-order valence-electron chi connectivity index (χ2n) is 5.59. The molecule has 0 radical (unpaired) electrons. The minimum absolute atomic E-state index is 0.0727. The summed E-state index contributed by atoms with van der Waals surface area (Å²) in [6.07, 6.45) is 5.44. The normalized spacial score (nSPS) is 16.8. The second-order valence-corrected chi connectivity index (χ2v) is 5.59. The molecule has 0 aromatic heterocycles. The van der Waals surface area contributed by atoms with E-state index in [2.05, 4.69) is 11.9 Å². The van der Waals surface area contributed by atoms with Crippen molar-refractivity contribution in [3.05, 3.63) is 0 Å². The van der Waals surface area contributed by atoms with Gasteiger partial charge in [-0.3, -0.25) is 4.79 Å². The molecule has 18 heavy (non-hydrogen) atoms. The summed E-state index contributed by atoms with van der Waals surface area (Å²) in [7, 11) is 4.02. The van der Waals surface area contributed by atoms with E-state index in [0.717, 1.165) is 19.1 Å². The Balaban J connectivity index is 2.18. The predicted octanol–water partition coefficient (Wildman–Crippen LogP) is 1.74. The van der Waals surface area contributed by atoms with Crippen molar-refractivity contribution in [2.24, 2.45) is 0 Å². The molecule has 0 aromatic carbocycles. The van der Waals surface area contributed by atoms with Crippen molar-refractivity contribution < 1.29 is 9.53 Å². The zero-order valence-electron chi connectivity index (χ0n) is 12.3.